The number of thiophene rings is 1. The monoisotopic (exact) mass is 358 g/mol. The number of hydrogen-bond acceptors (Lipinski definition) is 6. The van der Waals surface area contributed by atoms with Crippen LogP contribution in [0, 0.1) is 0 Å². The Morgan fingerprint density at radius 3 is 2.72 bits per heavy atom. The van der Waals surface area contributed by atoms with Gasteiger partial charge in [0.2, 0.25) is 0 Å². The van der Waals surface area contributed by atoms with Gasteiger partial charge >= 0.3 is 0 Å². The van der Waals surface area contributed by atoms with Gasteiger partial charge in [-0.05, 0) is 26.1 Å². The summed E-state index contributed by atoms with van der Waals surface area (Å²) in [5.74, 6) is 0.747. The van der Waals surface area contributed by atoms with Crippen LogP contribution < -0.4 is 10.2 Å². The molecule has 6 nitrogen and oxygen atoms in total. The van der Waals surface area contributed by atoms with Crippen molar-refractivity contribution >= 4 is 28.8 Å². The second-order valence-corrected chi connectivity index (χ2v) is 7.13. The van der Waals surface area contributed by atoms with Crippen molar-refractivity contribution in [2.24, 2.45) is 0 Å². The Bertz CT molecular complexity index is 766. The predicted molar refractivity (Wildman–Crippen MR) is 99.4 cm³/mol. The number of likely N-dealkylation sites (N-methyl/N-ethyl adjacent to an activating group) is 1. The summed E-state index contributed by atoms with van der Waals surface area (Å²) in [5, 5.41) is 4.65. The molecule has 0 atom stereocenters. The molecule has 0 saturated carbocycles. The van der Waals surface area contributed by atoms with Crippen LogP contribution in [0.1, 0.15) is 32.5 Å². The molecule has 3 heterocycles. The van der Waals surface area contributed by atoms with E-state index >= 15 is 0 Å². The van der Waals surface area contributed by atoms with Gasteiger partial charge in [-0.15, -0.1) is 11.3 Å². The van der Waals surface area contributed by atoms with Crippen molar-refractivity contribution in [3.63, 3.8) is 0 Å². The van der Waals surface area contributed by atoms with Gasteiger partial charge in [0.05, 0.1) is 10.4 Å². The van der Waals surface area contributed by atoms with Crippen LogP contribution in [0.25, 0.3) is 0 Å². The number of ketones is 1. The molecule has 25 heavy (non-hydrogen) atoms. The van der Waals surface area contributed by atoms with Crippen molar-refractivity contribution in [3.05, 3.63) is 45.8 Å². The topological polar surface area (TPSA) is 65.5 Å². The van der Waals surface area contributed by atoms with Gasteiger partial charge in [0.1, 0.15) is 5.82 Å². The number of aromatic nitrogens is 1. The zero-order valence-corrected chi connectivity index (χ0v) is 15.3. The molecule has 2 aromatic heterocycles. The lowest BCUT2D eigenvalue weighted by Gasteiger charge is -2.34. The van der Waals surface area contributed by atoms with E-state index in [1.54, 1.807) is 17.6 Å². The van der Waals surface area contributed by atoms with Crippen LogP contribution in [-0.2, 0) is 6.54 Å². The number of carbonyl (C=O) groups excluding carboxylic acids is 2. The summed E-state index contributed by atoms with van der Waals surface area (Å²) in [5.41, 5.74) is 1.53. The fourth-order valence-electron chi connectivity index (χ4n) is 2.79. The van der Waals surface area contributed by atoms with Crippen LogP contribution in [0.5, 0.6) is 0 Å². The van der Waals surface area contributed by atoms with E-state index in [9.17, 15) is 9.59 Å². The number of anilines is 1. The smallest absolute Gasteiger partial charge is 0.252 e. The first-order chi connectivity index (χ1) is 12.0. The highest BCUT2D eigenvalue weighted by atomic mass is 32.1. The van der Waals surface area contributed by atoms with E-state index in [1.807, 2.05) is 12.1 Å². The van der Waals surface area contributed by atoms with Crippen LogP contribution >= 0.6 is 11.3 Å². The SMILES string of the molecule is CC(=O)c1cc(C(=O)NCc2cccnc2N2CCN(C)CC2)cs1. The number of nitrogens with one attached hydrogen (secondary N) is 1. The van der Waals surface area contributed by atoms with Gasteiger partial charge in [-0.2, -0.15) is 0 Å². The molecule has 0 aliphatic carbocycles. The summed E-state index contributed by atoms with van der Waals surface area (Å²) >= 11 is 1.30. The van der Waals surface area contributed by atoms with Gasteiger partial charge in [-0.25, -0.2) is 4.98 Å². The van der Waals surface area contributed by atoms with E-state index in [4.69, 9.17) is 0 Å². The summed E-state index contributed by atoms with van der Waals surface area (Å²) in [4.78, 5) is 33.4. The van der Waals surface area contributed by atoms with E-state index < -0.39 is 0 Å². The molecule has 3 rings (SSSR count). The van der Waals surface area contributed by atoms with E-state index in [0.29, 0.717) is 17.0 Å². The second kappa shape index (κ2) is 7.76. The highest BCUT2D eigenvalue weighted by molar-refractivity contribution is 7.12. The Kier molecular flexibility index (Phi) is 5.45. The van der Waals surface area contributed by atoms with Crippen molar-refractivity contribution in [2.45, 2.75) is 13.5 Å². The lowest BCUT2D eigenvalue weighted by molar-refractivity contribution is 0.0951. The molecule has 0 radical (unpaired) electrons. The number of rotatable bonds is 5. The number of pyridine rings is 1. The number of nitrogens with zero attached hydrogens (tertiary/aromatic N) is 3. The van der Waals surface area contributed by atoms with E-state index in [-0.39, 0.29) is 11.7 Å². The maximum absolute atomic E-state index is 12.3. The normalized spacial score (nSPS) is 15.2. The van der Waals surface area contributed by atoms with Crippen LogP contribution in [-0.4, -0.2) is 54.8 Å². The van der Waals surface area contributed by atoms with Gasteiger partial charge < -0.3 is 15.1 Å². The number of carbonyl (C=O) groups is 2. The second-order valence-electron chi connectivity index (χ2n) is 6.21. The zero-order valence-electron chi connectivity index (χ0n) is 14.5. The molecule has 1 amide bonds. The van der Waals surface area contributed by atoms with Crippen molar-refractivity contribution in [1.82, 2.24) is 15.2 Å². The standard InChI is InChI=1S/C18H22N4O2S/c1-13(23)16-10-15(12-25-16)18(24)20-11-14-4-3-5-19-17(14)22-8-6-21(2)7-9-22/h3-5,10,12H,6-9,11H2,1-2H3,(H,20,24). The van der Waals surface area contributed by atoms with Crippen LogP contribution in [0.3, 0.4) is 0 Å². The summed E-state index contributed by atoms with van der Waals surface area (Å²) in [6.45, 7) is 5.79. The lowest BCUT2D eigenvalue weighted by atomic mass is 10.2. The number of piperazine rings is 1. The third kappa shape index (κ3) is 4.24. The molecule has 0 spiro atoms. The van der Waals surface area contributed by atoms with Crippen LogP contribution in [0.2, 0.25) is 0 Å². The minimum absolute atomic E-state index is 0.0198. The number of amides is 1. The van der Waals surface area contributed by atoms with Gasteiger partial charge in [0.25, 0.3) is 5.91 Å². The fourth-order valence-corrected chi connectivity index (χ4v) is 3.58. The fraction of sp³-hybridized carbons (Fsp3) is 0.389. The van der Waals surface area contributed by atoms with E-state index in [1.165, 1.54) is 18.3 Å². The van der Waals surface area contributed by atoms with E-state index in [0.717, 1.165) is 37.6 Å². The molecular weight excluding hydrogens is 336 g/mol. The Morgan fingerprint density at radius 1 is 1.28 bits per heavy atom. The average molecular weight is 358 g/mol. The predicted octanol–water partition coefficient (Wildman–Crippen LogP) is 2.03. The summed E-state index contributed by atoms with van der Waals surface area (Å²) < 4.78 is 0. The zero-order chi connectivity index (χ0) is 17.8. The van der Waals surface area contributed by atoms with Crippen molar-refractivity contribution in [3.8, 4) is 0 Å². The highest BCUT2D eigenvalue weighted by Gasteiger charge is 2.18. The molecule has 7 heteroatoms. The maximum Gasteiger partial charge on any atom is 0.252 e. The summed E-state index contributed by atoms with van der Waals surface area (Å²) in [7, 11) is 2.12. The molecule has 1 aliphatic rings. The minimum Gasteiger partial charge on any atom is -0.354 e. The van der Waals surface area contributed by atoms with Crippen molar-refractivity contribution in [2.75, 3.05) is 38.1 Å². The van der Waals surface area contributed by atoms with Gasteiger partial charge in [0, 0.05) is 49.9 Å². The highest BCUT2D eigenvalue weighted by Crippen LogP contribution is 2.19. The summed E-state index contributed by atoms with van der Waals surface area (Å²) in [6.07, 6.45) is 1.79. The molecule has 1 N–H and O–H groups in total. The molecular formula is C18H22N4O2S. The molecule has 132 valence electrons. The summed E-state index contributed by atoms with van der Waals surface area (Å²) in [6, 6.07) is 5.53. The third-order valence-electron chi connectivity index (χ3n) is 4.32. The first-order valence-electron chi connectivity index (χ1n) is 8.29. The van der Waals surface area contributed by atoms with Crippen molar-refractivity contribution < 1.29 is 9.59 Å². The Morgan fingerprint density at radius 2 is 2.04 bits per heavy atom. The Labute approximate surface area is 151 Å². The molecule has 0 aromatic carbocycles. The molecule has 1 aliphatic heterocycles. The molecule has 1 saturated heterocycles. The van der Waals surface area contributed by atoms with Crippen LogP contribution in [0.4, 0.5) is 5.82 Å². The molecule has 1 fully saturated rings. The Balaban J connectivity index is 1.66. The average Bonchev–Trinajstić information content (AvgIpc) is 3.11. The van der Waals surface area contributed by atoms with Crippen LogP contribution in [0.15, 0.2) is 29.8 Å². The Hall–Kier alpha value is -2.25. The minimum atomic E-state index is -0.170. The first-order valence-corrected chi connectivity index (χ1v) is 9.17. The molecule has 0 unspecified atom stereocenters. The van der Waals surface area contributed by atoms with E-state index in [2.05, 4.69) is 27.1 Å². The maximum atomic E-state index is 12.3. The lowest BCUT2D eigenvalue weighted by Crippen LogP contribution is -2.45. The third-order valence-corrected chi connectivity index (χ3v) is 5.35. The number of hydrogen-bond donors (Lipinski definition) is 1. The van der Waals surface area contributed by atoms with Gasteiger partial charge in [0.15, 0.2) is 5.78 Å². The quantitative estimate of drug-likeness (QED) is 0.829. The van der Waals surface area contributed by atoms with Gasteiger partial charge in [-0.1, -0.05) is 6.07 Å². The van der Waals surface area contributed by atoms with Gasteiger partial charge in [-0.3, -0.25) is 9.59 Å². The molecule has 0 bridgehead atoms. The van der Waals surface area contributed by atoms with Crippen molar-refractivity contribution in [1.29, 1.82) is 0 Å². The largest absolute Gasteiger partial charge is 0.354 e. The first kappa shape index (κ1) is 17.6. The molecule has 2 aromatic rings. The number of Topliss-reactive ketones (excluding diaryl/α,β-unsaturated/α-hetero) is 1.